The van der Waals surface area contributed by atoms with Crippen molar-refractivity contribution in [1.82, 2.24) is 0 Å². The molecule has 0 amide bonds. The van der Waals surface area contributed by atoms with Gasteiger partial charge in [0.1, 0.15) is 0 Å². The molecule has 1 aromatic rings. The molecule has 0 spiro atoms. The highest BCUT2D eigenvalue weighted by molar-refractivity contribution is 5.49. The maximum atomic E-state index is 10.4. The monoisotopic (exact) mass is 176 g/mol. The van der Waals surface area contributed by atoms with Crippen LogP contribution in [0.5, 0.6) is 0 Å². The summed E-state index contributed by atoms with van der Waals surface area (Å²) < 4.78 is 0. The maximum Gasteiger partial charge on any atom is 0.271 e. The van der Waals surface area contributed by atoms with Gasteiger partial charge in [-0.3, -0.25) is 10.1 Å². The summed E-state index contributed by atoms with van der Waals surface area (Å²) in [6, 6.07) is 4.69. The summed E-state index contributed by atoms with van der Waals surface area (Å²) in [4.78, 5) is 9.94. The molecule has 13 heavy (non-hydrogen) atoms. The number of nitro groups is 1. The summed E-state index contributed by atoms with van der Waals surface area (Å²) in [5.74, 6) is 0. The molecular weight excluding hydrogens is 168 g/mol. The molecule has 0 aliphatic heterocycles. The average molecular weight is 176 g/mol. The average Bonchev–Trinajstić information content (AvgIpc) is 2.09. The van der Waals surface area contributed by atoms with Crippen molar-refractivity contribution >= 4 is 5.69 Å². The lowest BCUT2D eigenvalue weighted by atomic mass is 10.0. The van der Waals surface area contributed by atoms with Gasteiger partial charge in [0.2, 0.25) is 0 Å². The van der Waals surface area contributed by atoms with Crippen LogP contribution in [0.25, 0.3) is 0 Å². The quantitative estimate of drug-likeness (QED) is 0.486. The predicted octanol–water partition coefficient (Wildman–Crippen LogP) is 2.08. The number of aryl methyl sites for hydroxylation is 1. The van der Waals surface area contributed by atoms with E-state index in [9.17, 15) is 10.1 Å². The molecule has 0 fully saturated rings. The van der Waals surface area contributed by atoms with Crippen LogP contribution < -0.4 is 0 Å². The van der Waals surface area contributed by atoms with E-state index in [2.05, 4.69) is 0 Å². The van der Waals surface area contributed by atoms with E-state index < -0.39 is 4.92 Å². The second kappa shape index (κ2) is 3.23. The first kappa shape index (κ1) is 9.20. The molecule has 0 aliphatic carbocycles. The highest BCUT2D eigenvalue weighted by Crippen LogP contribution is 2.20. The zero-order chi connectivity index (χ0) is 10.0. The summed E-state index contributed by atoms with van der Waals surface area (Å²) in [5.41, 5.74) is 1.91. The summed E-state index contributed by atoms with van der Waals surface area (Å²) in [6.07, 6.45) is 0. The second-order valence-electron chi connectivity index (χ2n) is 2.80. The lowest BCUT2D eigenvalue weighted by Gasteiger charge is -2.01. The molecule has 0 saturated carbocycles. The summed E-state index contributed by atoms with van der Waals surface area (Å²) in [7, 11) is 0. The van der Waals surface area contributed by atoms with Crippen molar-refractivity contribution in [3.63, 3.8) is 0 Å². The molecule has 0 bridgehead atoms. The molecule has 66 valence electrons. The Labute approximate surface area is 75.6 Å². The van der Waals surface area contributed by atoms with Crippen LogP contribution in [-0.4, -0.2) is 4.92 Å². The molecule has 4 nitrogen and oxygen atoms in total. The fraction of sp³-hybridized carbons (Fsp3) is 0.222. The predicted molar refractivity (Wildman–Crippen MR) is 47.3 cm³/mol. The smallest absolute Gasteiger partial charge is 0.258 e. The van der Waals surface area contributed by atoms with Crippen LogP contribution in [0.1, 0.15) is 16.7 Å². The first-order valence-electron chi connectivity index (χ1n) is 3.72. The van der Waals surface area contributed by atoms with E-state index in [1.165, 1.54) is 12.1 Å². The number of nitriles is 1. The summed E-state index contributed by atoms with van der Waals surface area (Å²) >= 11 is 0. The van der Waals surface area contributed by atoms with Crippen LogP contribution >= 0.6 is 0 Å². The number of hydrogen-bond acceptors (Lipinski definition) is 3. The van der Waals surface area contributed by atoms with Crippen LogP contribution in [0.15, 0.2) is 12.1 Å². The van der Waals surface area contributed by atoms with E-state index in [1.807, 2.05) is 6.07 Å². The van der Waals surface area contributed by atoms with E-state index >= 15 is 0 Å². The molecule has 4 heteroatoms. The molecule has 0 saturated heterocycles. The molecule has 0 radical (unpaired) electrons. The summed E-state index contributed by atoms with van der Waals surface area (Å²) in [5, 5.41) is 19.1. The van der Waals surface area contributed by atoms with Crippen LogP contribution in [0.3, 0.4) is 0 Å². The minimum absolute atomic E-state index is 0.0281. The van der Waals surface area contributed by atoms with Gasteiger partial charge in [-0.2, -0.15) is 5.26 Å². The Balaban J connectivity index is 3.41. The highest BCUT2D eigenvalue weighted by Gasteiger charge is 2.10. The van der Waals surface area contributed by atoms with Crippen LogP contribution in [0, 0.1) is 35.3 Å². The molecule has 0 atom stereocenters. The third-order valence-electron chi connectivity index (χ3n) is 1.98. The third-order valence-corrected chi connectivity index (χ3v) is 1.98. The van der Waals surface area contributed by atoms with Crippen LogP contribution in [0.4, 0.5) is 5.69 Å². The molecule has 1 aromatic carbocycles. The number of non-ortho nitro benzene ring substituents is 1. The molecule has 0 heterocycles. The first-order valence-corrected chi connectivity index (χ1v) is 3.72. The SMILES string of the molecule is Cc1cc([N+](=O)[O-])cc(C#N)c1C. The van der Waals surface area contributed by atoms with Gasteiger partial charge in [-0.15, -0.1) is 0 Å². The van der Waals surface area contributed by atoms with Gasteiger partial charge in [-0.1, -0.05) is 0 Å². The van der Waals surface area contributed by atoms with Gasteiger partial charge in [-0.25, -0.2) is 0 Å². The zero-order valence-electron chi connectivity index (χ0n) is 7.37. The number of benzene rings is 1. The zero-order valence-corrected chi connectivity index (χ0v) is 7.37. The lowest BCUT2D eigenvalue weighted by Crippen LogP contribution is -1.93. The van der Waals surface area contributed by atoms with Crippen molar-refractivity contribution in [2.24, 2.45) is 0 Å². The van der Waals surface area contributed by atoms with Crippen molar-refractivity contribution in [2.45, 2.75) is 13.8 Å². The largest absolute Gasteiger partial charge is 0.271 e. The Morgan fingerprint density at radius 1 is 1.46 bits per heavy atom. The van der Waals surface area contributed by atoms with Crippen molar-refractivity contribution in [2.75, 3.05) is 0 Å². The summed E-state index contributed by atoms with van der Waals surface area (Å²) in [6.45, 7) is 3.53. The topological polar surface area (TPSA) is 66.9 Å². The Morgan fingerprint density at radius 2 is 2.08 bits per heavy atom. The van der Waals surface area contributed by atoms with Crippen molar-refractivity contribution in [1.29, 1.82) is 5.26 Å². The highest BCUT2D eigenvalue weighted by atomic mass is 16.6. The van der Waals surface area contributed by atoms with Gasteiger partial charge in [0, 0.05) is 12.1 Å². The Bertz CT molecular complexity index is 405. The normalized spacial score (nSPS) is 9.31. The van der Waals surface area contributed by atoms with Crippen LogP contribution in [0.2, 0.25) is 0 Å². The van der Waals surface area contributed by atoms with Gasteiger partial charge in [-0.05, 0) is 25.0 Å². The third kappa shape index (κ3) is 1.64. The molecule has 0 unspecified atom stereocenters. The lowest BCUT2D eigenvalue weighted by molar-refractivity contribution is -0.384. The molecule has 0 aromatic heterocycles. The molecule has 0 aliphatic rings. The van der Waals surface area contributed by atoms with Crippen molar-refractivity contribution < 1.29 is 4.92 Å². The Morgan fingerprint density at radius 3 is 2.54 bits per heavy atom. The van der Waals surface area contributed by atoms with Gasteiger partial charge in [0.05, 0.1) is 16.6 Å². The van der Waals surface area contributed by atoms with Crippen molar-refractivity contribution in [3.8, 4) is 6.07 Å². The van der Waals surface area contributed by atoms with Crippen LogP contribution in [-0.2, 0) is 0 Å². The van der Waals surface area contributed by atoms with Gasteiger partial charge < -0.3 is 0 Å². The standard InChI is InChI=1S/C9H8N2O2/c1-6-3-9(11(12)13)4-8(5-10)7(6)2/h3-4H,1-2H3. The maximum absolute atomic E-state index is 10.4. The minimum atomic E-state index is -0.493. The van der Waals surface area contributed by atoms with E-state index in [4.69, 9.17) is 5.26 Å². The molecular formula is C9H8N2O2. The first-order chi connectivity index (χ1) is 6.06. The Kier molecular flexibility index (Phi) is 2.29. The van der Waals surface area contributed by atoms with E-state index in [0.717, 1.165) is 11.1 Å². The number of rotatable bonds is 1. The molecule has 1 rings (SSSR count). The van der Waals surface area contributed by atoms with Crippen molar-refractivity contribution in [3.05, 3.63) is 38.9 Å². The van der Waals surface area contributed by atoms with E-state index in [0.29, 0.717) is 5.56 Å². The van der Waals surface area contributed by atoms with E-state index in [-0.39, 0.29) is 5.69 Å². The fourth-order valence-corrected chi connectivity index (χ4v) is 1.06. The second-order valence-corrected chi connectivity index (χ2v) is 2.80. The Hall–Kier alpha value is -1.89. The minimum Gasteiger partial charge on any atom is -0.258 e. The van der Waals surface area contributed by atoms with Gasteiger partial charge in [0.25, 0.3) is 5.69 Å². The number of nitro benzene ring substituents is 1. The molecule has 0 N–H and O–H groups in total. The van der Waals surface area contributed by atoms with Gasteiger partial charge in [0.15, 0.2) is 0 Å². The van der Waals surface area contributed by atoms with Gasteiger partial charge >= 0.3 is 0 Å². The fourth-order valence-electron chi connectivity index (χ4n) is 1.06. The number of hydrogen-bond donors (Lipinski definition) is 0. The number of nitrogens with zero attached hydrogens (tertiary/aromatic N) is 2. The van der Waals surface area contributed by atoms with E-state index in [1.54, 1.807) is 13.8 Å².